The van der Waals surface area contributed by atoms with Crippen LogP contribution >= 0.6 is 23.1 Å². The van der Waals surface area contributed by atoms with Crippen LogP contribution in [-0.2, 0) is 6.54 Å². The minimum absolute atomic E-state index is 0.889. The number of benzene rings is 1. The van der Waals surface area contributed by atoms with Crippen molar-refractivity contribution in [2.24, 2.45) is 0 Å². The Bertz CT molecular complexity index is 482. The van der Waals surface area contributed by atoms with Gasteiger partial charge in [0.2, 0.25) is 0 Å². The van der Waals surface area contributed by atoms with E-state index >= 15 is 0 Å². The van der Waals surface area contributed by atoms with E-state index < -0.39 is 0 Å². The van der Waals surface area contributed by atoms with Crippen molar-refractivity contribution in [2.75, 3.05) is 18.6 Å². The molecule has 2 rings (SSSR count). The summed E-state index contributed by atoms with van der Waals surface area (Å²) in [6.07, 6.45) is 6.09. The zero-order valence-corrected chi connectivity index (χ0v) is 13.6. The molecule has 0 aliphatic heterocycles. The van der Waals surface area contributed by atoms with Crippen LogP contribution in [-0.4, -0.2) is 23.5 Å². The van der Waals surface area contributed by atoms with E-state index in [-0.39, 0.29) is 0 Å². The van der Waals surface area contributed by atoms with Gasteiger partial charge in [0.15, 0.2) is 0 Å². The van der Waals surface area contributed by atoms with E-state index in [1.807, 2.05) is 17.8 Å². The fourth-order valence-electron chi connectivity index (χ4n) is 2.00. The molecule has 1 aromatic heterocycles. The monoisotopic (exact) mass is 306 g/mol. The molecule has 0 amide bonds. The molecular formula is C16H22N2S2. The topological polar surface area (TPSA) is 24.9 Å². The first-order chi connectivity index (χ1) is 9.90. The van der Waals surface area contributed by atoms with E-state index in [4.69, 9.17) is 0 Å². The SMILES string of the molecule is CSCCCCCNCc1nc(-c2ccccc2)cs1. The Labute approximate surface area is 130 Å². The quantitative estimate of drug-likeness (QED) is 0.694. The van der Waals surface area contributed by atoms with E-state index in [2.05, 4.69) is 46.2 Å². The molecule has 1 aromatic carbocycles. The lowest BCUT2D eigenvalue weighted by Gasteiger charge is -2.02. The number of thioether (sulfide) groups is 1. The lowest BCUT2D eigenvalue weighted by molar-refractivity contribution is 0.617. The van der Waals surface area contributed by atoms with Gasteiger partial charge in [-0.3, -0.25) is 0 Å². The zero-order chi connectivity index (χ0) is 14.0. The standard InChI is InChI=1S/C16H22N2S2/c1-19-11-7-3-6-10-17-12-16-18-15(13-20-16)14-8-4-2-5-9-14/h2,4-5,8-9,13,17H,3,6-7,10-12H2,1H3. The molecule has 2 aromatic rings. The average Bonchev–Trinajstić information content (AvgIpc) is 2.96. The minimum atomic E-state index is 0.889. The summed E-state index contributed by atoms with van der Waals surface area (Å²) in [4.78, 5) is 4.68. The van der Waals surface area contributed by atoms with Crippen molar-refractivity contribution >= 4 is 23.1 Å². The fraction of sp³-hybridized carbons (Fsp3) is 0.438. The van der Waals surface area contributed by atoms with Crippen molar-refractivity contribution in [3.8, 4) is 11.3 Å². The van der Waals surface area contributed by atoms with E-state index in [9.17, 15) is 0 Å². The van der Waals surface area contributed by atoms with Crippen molar-refractivity contribution in [3.05, 3.63) is 40.7 Å². The van der Waals surface area contributed by atoms with Crippen LogP contribution in [0, 0.1) is 0 Å². The van der Waals surface area contributed by atoms with Crippen LogP contribution in [0.1, 0.15) is 24.3 Å². The molecule has 0 radical (unpaired) electrons. The van der Waals surface area contributed by atoms with Gasteiger partial charge >= 0.3 is 0 Å². The first-order valence-corrected chi connectivity index (χ1v) is 9.37. The number of thiazole rings is 1. The van der Waals surface area contributed by atoms with Gasteiger partial charge in [-0.15, -0.1) is 11.3 Å². The van der Waals surface area contributed by atoms with Gasteiger partial charge in [-0.25, -0.2) is 4.98 Å². The molecule has 0 spiro atoms. The third kappa shape index (κ3) is 5.27. The number of nitrogens with zero attached hydrogens (tertiary/aromatic N) is 1. The summed E-state index contributed by atoms with van der Waals surface area (Å²) in [6.45, 7) is 1.98. The Balaban J connectivity index is 1.69. The number of hydrogen-bond donors (Lipinski definition) is 1. The van der Waals surface area contributed by atoms with Gasteiger partial charge in [0, 0.05) is 17.5 Å². The van der Waals surface area contributed by atoms with Crippen molar-refractivity contribution in [1.29, 1.82) is 0 Å². The second-order valence-electron chi connectivity index (χ2n) is 4.72. The average molecular weight is 306 g/mol. The number of unbranched alkanes of at least 4 members (excludes halogenated alkanes) is 2. The van der Waals surface area contributed by atoms with Crippen molar-refractivity contribution in [1.82, 2.24) is 10.3 Å². The van der Waals surface area contributed by atoms with E-state index in [1.54, 1.807) is 11.3 Å². The minimum Gasteiger partial charge on any atom is -0.310 e. The number of aromatic nitrogens is 1. The van der Waals surface area contributed by atoms with Crippen molar-refractivity contribution in [2.45, 2.75) is 25.8 Å². The van der Waals surface area contributed by atoms with Crippen LogP contribution in [0.25, 0.3) is 11.3 Å². The van der Waals surface area contributed by atoms with Crippen LogP contribution in [0.15, 0.2) is 35.7 Å². The van der Waals surface area contributed by atoms with Gasteiger partial charge in [0.1, 0.15) is 5.01 Å². The summed E-state index contributed by atoms with van der Waals surface area (Å²) in [6, 6.07) is 10.4. The molecule has 0 atom stereocenters. The summed E-state index contributed by atoms with van der Waals surface area (Å²) in [7, 11) is 0. The van der Waals surface area contributed by atoms with E-state index in [0.29, 0.717) is 0 Å². The first kappa shape index (κ1) is 15.5. The third-order valence-corrected chi connectivity index (χ3v) is 4.65. The molecule has 0 saturated heterocycles. The van der Waals surface area contributed by atoms with Crippen LogP contribution in [0.5, 0.6) is 0 Å². The van der Waals surface area contributed by atoms with Crippen LogP contribution in [0.4, 0.5) is 0 Å². The molecule has 0 aliphatic carbocycles. The molecule has 0 aliphatic rings. The summed E-state index contributed by atoms with van der Waals surface area (Å²) in [5.41, 5.74) is 2.29. The van der Waals surface area contributed by atoms with Crippen molar-refractivity contribution < 1.29 is 0 Å². The highest BCUT2D eigenvalue weighted by Gasteiger charge is 2.03. The number of nitrogens with one attached hydrogen (secondary N) is 1. The molecule has 2 nitrogen and oxygen atoms in total. The Morgan fingerprint density at radius 2 is 2.00 bits per heavy atom. The van der Waals surface area contributed by atoms with E-state index in [1.165, 1.54) is 35.6 Å². The highest BCUT2D eigenvalue weighted by Crippen LogP contribution is 2.21. The van der Waals surface area contributed by atoms with Crippen molar-refractivity contribution in [3.63, 3.8) is 0 Å². The fourth-order valence-corrected chi connectivity index (χ4v) is 3.27. The van der Waals surface area contributed by atoms with Gasteiger partial charge in [-0.1, -0.05) is 36.8 Å². The predicted molar refractivity (Wildman–Crippen MR) is 91.5 cm³/mol. The van der Waals surface area contributed by atoms with Crippen LogP contribution in [0.3, 0.4) is 0 Å². The van der Waals surface area contributed by atoms with Gasteiger partial charge in [0.05, 0.1) is 5.69 Å². The normalized spacial score (nSPS) is 10.8. The van der Waals surface area contributed by atoms with Crippen LogP contribution in [0.2, 0.25) is 0 Å². The molecule has 0 bridgehead atoms. The smallest absolute Gasteiger partial charge is 0.107 e. The molecular weight excluding hydrogens is 284 g/mol. The molecule has 108 valence electrons. The van der Waals surface area contributed by atoms with Gasteiger partial charge in [-0.05, 0) is 31.4 Å². The maximum Gasteiger partial charge on any atom is 0.107 e. The Morgan fingerprint density at radius 1 is 1.15 bits per heavy atom. The molecule has 1 N–H and O–H groups in total. The maximum atomic E-state index is 4.68. The second kappa shape index (κ2) is 9.16. The maximum absolute atomic E-state index is 4.68. The largest absolute Gasteiger partial charge is 0.310 e. The Kier molecular flexibility index (Phi) is 7.12. The number of hydrogen-bond acceptors (Lipinski definition) is 4. The first-order valence-electron chi connectivity index (χ1n) is 7.09. The summed E-state index contributed by atoms with van der Waals surface area (Å²) < 4.78 is 0. The number of rotatable bonds is 9. The Hall–Kier alpha value is -0.840. The summed E-state index contributed by atoms with van der Waals surface area (Å²) in [5, 5.41) is 6.80. The highest BCUT2D eigenvalue weighted by molar-refractivity contribution is 7.98. The van der Waals surface area contributed by atoms with E-state index in [0.717, 1.165) is 18.8 Å². The lowest BCUT2D eigenvalue weighted by atomic mass is 10.2. The van der Waals surface area contributed by atoms with Gasteiger partial charge in [-0.2, -0.15) is 11.8 Å². The summed E-state index contributed by atoms with van der Waals surface area (Å²) >= 11 is 3.67. The predicted octanol–water partition coefficient (Wildman–Crippen LogP) is 4.43. The molecule has 20 heavy (non-hydrogen) atoms. The lowest BCUT2D eigenvalue weighted by Crippen LogP contribution is -2.14. The molecule has 1 heterocycles. The third-order valence-electron chi connectivity index (χ3n) is 3.10. The zero-order valence-electron chi connectivity index (χ0n) is 12.0. The second-order valence-corrected chi connectivity index (χ2v) is 6.65. The van der Waals surface area contributed by atoms with Gasteiger partial charge in [0.25, 0.3) is 0 Å². The summed E-state index contributed by atoms with van der Waals surface area (Å²) in [5.74, 6) is 1.28. The van der Waals surface area contributed by atoms with Crippen LogP contribution < -0.4 is 5.32 Å². The highest BCUT2D eigenvalue weighted by atomic mass is 32.2. The Morgan fingerprint density at radius 3 is 2.80 bits per heavy atom. The molecule has 0 fully saturated rings. The molecule has 0 unspecified atom stereocenters. The van der Waals surface area contributed by atoms with Gasteiger partial charge < -0.3 is 5.32 Å². The molecule has 4 heteroatoms. The molecule has 0 saturated carbocycles.